The number of aliphatic hydroxyl groups excluding tert-OH is 1. The minimum Gasteiger partial charge on any atom is -0.406 e. The van der Waals surface area contributed by atoms with Crippen molar-refractivity contribution >= 4 is 17.5 Å². The van der Waals surface area contributed by atoms with Gasteiger partial charge in [0, 0.05) is 29.7 Å². The highest BCUT2D eigenvalue weighted by Gasteiger charge is 2.31. The molecule has 0 aliphatic heterocycles. The van der Waals surface area contributed by atoms with Crippen molar-refractivity contribution in [2.75, 3.05) is 13.2 Å². The van der Waals surface area contributed by atoms with Crippen molar-refractivity contribution in [2.45, 2.75) is 12.8 Å². The van der Waals surface area contributed by atoms with Crippen LogP contribution in [0.3, 0.4) is 0 Å². The maximum absolute atomic E-state index is 12.3. The van der Waals surface area contributed by atoms with E-state index >= 15 is 0 Å². The van der Waals surface area contributed by atoms with E-state index < -0.39 is 6.36 Å². The van der Waals surface area contributed by atoms with Gasteiger partial charge < -0.3 is 15.2 Å². The highest BCUT2D eigenvalue weighted by molar-refractivity contribution is 6.30. The summed E-state index contributed by atoms with van der Waals surface area (Å²) in [5.41, 5.74) is 0.984. The van der Waals surface area contributed by atoms with Gasteiger partial charge in [-0.15, -0.1) is 13.2 Å². The largest absolute Gasteiger partial charge is 0.573 e. The number of benzene rings is 2. The van der Waals surface area contributed by atoms with Crippen molar-refractivity contribution in [1.29, 1.82) is 0 Å². The first-order valence-electron chi connectivity index (χ1n) is 7.76. The lowest BCUT2D eigenvalue weighted by Crippen LogP contribution is -2.31. The molecule has 2 rings (SSSR count). The molecule has 0 fully saturated rings. The summed E-state index contributed by atoms with van der Waals surface area (Å²) in [6.45, 7) is -0.0619. The predicted molar refractivity (Wildman–Crippen MR) is 91.2 cm³/mol. The van der Waals surface area contributed by atoms with Crippen LogP contribution in [0.5, 0.6) is 5.75 Å². The van der Waals surface area contributed by atoms with Gasteiger partial charge in [0.15, 0.2) is 0 Å². The topological polar surface area (TPSA) is 58.6 Å². The third-order valence-electron chi connectivity index (χ3n) is 3.57. The maximum Gasteiger partial charge on any atom is 0.573 e. The van der Waals surface area contributed by atoms with E-state index in [2.05, 4.69) is 10.1 Å². The molecule has 140 valence electrons. The third kappa shape index (κ3) is 6.57. The zero-order valence-electron chi connectivity index (χ0n) is 13.6. The Hall–Kier alpha value is -2.25. The molecular weight excluding hydrogens is 371 g/mol. The summed E-state index contributed by atoms with van der Waals surface area (Å²) < 4.78 is 40.7. The highest BCUT2D eigenvalue weighted by atomic mass is 35.5. The molecule has 2 aromatic carbocycles. The summed E-state index contributed by atoms with van der Waals surface area (Å²) >= 11 is 5.76. The zero-order valence-corrected chi connectivity index (χ0v) is 14.3. The van der Waals surface area contributed by atoms with Crippen LogP contribution in [-0.4, -0.2) is 30.5 Å². The van der Waals surface area contributed by atoms with Crippen LogP contribution in [0.4, 0.5) is 13.2 Å². The van der Waals surface area contributed by atoms with E-state index in [4.69, 9.17) is 11.6 Å². The molecule has 0 aliphatic rings. The minimum atomic E-state index is -4.76. The number of alkyl halides is 3. The van der Waals surface area contributed by atoms with Gasteiger partial charge in [0.05, 0.1) is 0 Å². The number of rotatable bonds is 7. The lowest BCUT2D eigenvalue weighted by atomic mass is 9.99. The fourth-order valence-electron chi connectivity index (χ4n) is 2.34. The van der Waals surface area contributed by atoms with Crippen molar-refractivity contribution in [1.82, 2.24) is 5.32 Å². The van der Waals surface area contributed by atoms with Crippen molar-refractivity contribution in [3.05, 3.63) is 64.7 Å². The average molecular weight is 388 g/mol. The minimum absolute atomic E-state index is 0.169. The van der Waals surface area contributed by atoms with Gasteiger partial charge in [0.25, 0.3) is 5.91 Å². The number of hydrogen-bond acceptors (Lipinski definition) is 3. The van der Waals surface area contributed by atoms with Gasteiger partial charge in [-0.1, -0.05) is 23.7 Å². The van der Waals surface area contributed by atoms with Gasteiger partial charge >= 0.3 is 6.36 Å². The van der Waals surface area contributed by atoms with Crippen molar-refractivity contribution in [2.24, 2.45) is 5.92 Å². The molecule has 8 heteroatoms. The Labute approximate surface area is 153 Å². The van der Waals surface area contributed by atoms with E-state index in [0.717, 1.165) is 0 Å². The Bertz CT molecular complexity index is 735. The third-order valence-corrected chi connectivity index (χ3v) is 3.82. The molecule has 0 aliphatic carbocycles. The Morgan fingerprint density at radius 3 is 2.50 bits per heavy atom. The Balaban J connectivity index is 1.93. The number of carbonyl (C=O) groups excluding carboxylic acids is 1. The lowest BCUT2D eigenvalue weighted by Gasteiger charge is -2.16. The van der Waals surface area contributed by atoms with E-state index in [1.54, 1.807) is 30.3 Å². The molecule has 1 atom stereocenters. The van der Waals surface area contributed by atoms with E-state index in [1.807, 2.05) is 0 Å². The normalized spacial score (nSPS) is 12.5. The van der Waals surface area contributed by atoms with Crippen LogP contribution in [0.15, 0.2) is 48.5 Å². The Kier molecular flexibility index (Phi) is 6.88. The molecule has 1 amide bonds. The summed E-state index contributed by atoms with van der Waals surface area (Å²) in [5, 5.41) is 12.7. The van der Waals surface area contributed by atoms with Crippen LogP contribution >= 0.6 is 11.6 Å². The second kappa shape index (κ2) is 8.91. The molecule has 2 N–H and O–H groups in total. The first-order valence-corrected chi connectivity index (χ1v) is 8.14. The van der Waals surface area contributed by atoms with Crippen LogP contribution in [0.1, 0.15) is 15.9 Å². The number of hydrogen-bond donors (Lipinski definition) is 2. The van der Waals surface area contributed by atoms with Crippen LogP contribution in [0, 0.1) is 5.92 Å². The number of ether oxygens (including phenoxy) is 1. The summed E-state index contributed by atoms with van der Waals surface area (Å²) in [7, 11) is 0. The number of carbonyl (C=O) groups is 1. The molecule has 1 unspecified atom stereocenters. The second-order valence-corrected chi connectivity index (χ2v) is 6.10. The smallest absolute Gasteiger partial charge is 0.406 e. The van der Waals surface area contributed by atoms with Crippen LogP contribution in [-0.2, 0) is 6.42 Å². The molecule has 2 aromatic rings. The van der Waals surface area contributed by atoms with Crippen LogP contribution < -0.4 is 10.1 Å². The van der Waals surface area contributed by atoms with E-state index in [9.17, 15) is 23.1 Å². The number of amides is 1. The molecule has 26 heavy (non-hydrogen) atoms. The molecule has 4 nitrogen and oxygen atoms in total. The fraction of sp³-hybridized carbons (Fsp3) is 0.278. The molecule has 0 bridgehead atoms. The zero-order chi connectivity index (χ0) is 19.2. The molecule has 0 saturated carbocycles. The highest BCUT2D eigenvalue weighted by Crippen LogP contribution is 2.24. The SMILES string of the molecule is O=C(NCC(CO)Cc1cccc(OC(F)(F)F)c1)c1ccc(Cl)cc1. The fourth-order valence-corrected chi connectivity index (χ4v) is 2.47. The van der Waals surface area contributed by atoms with E-state index in [-0.39, 0.29) is 37.1 Å². The van der Waals surface area contributed by atoms with Gasteiger partial charge in [-0.25, -0.2) is 0 Å². The first kappa shape index (κ1) is 20.1. The summed E-state index contributed by atoms with van der Waals surface area (Å²) in [4.78, 5) is 12.1. The molecule has 0 heterocycles. The Morgan fingerprint density at radius 2 is 1.88 bits per heavy atom. The van der Waals surface area contributed by atoms with Gasteiger partial charge in [0.2, 0.25) is 0 Å². The van der Waals surface area contributed by atoms with Crippen LogP contribution in [0.25, 0.3) is 0 Å². The standard InChI is InChI=1S/C18H17ClF3NO3/c19-15-6-4-14(5-7-15)17(25)23-10-13(11-24)8-12-2-1-3-16(9-12)26-18(20,21)22/h1-7,9,13,24H,8,10-11H2,(H,23,25). The number of halogens is 4. The molecule has 0 saturated heterocycles. The van der Waals surface area contributed by atoms with E-state index in [0.29, 0.717) is 16.1 Å². The monoisotopic (exact) mass is 387 g/mol. The van der Waals surface area contributed by atoms with Crippen molar-refractivity contribution < 1.29 is 27.8 Å². The first-order chi connectivity index (χ1) is 12.3. The number of aliphatic hydroxyl groups is 1. The second-order valence-electron chi connectivity index (χ2n) is 5.66. The molecule has 0 radical (unpaired) electrons. The molecular formula is C18H17ClF3NO3. The maximum atomic E-state index is 12.3. The Morgan fingerprint density at radius 1 is 1.19 bits per heavy atom. The molecule has 0 aromatic heterocycles. The quantitative estimate of drug-likeness (QED) is 0.759. The number of nitrogens with one attached hydrogen (secondary N) is 1. The average Bonchev–Trinajstić information content (AvgIpc) is 2.57. The van der Waals surface area contributed by atoms with E-state index in [1.165, 1.54) is 18.2 Å². The van der Waals surface area contributed by atoms with Crippen molar-refractivity contribution in [3.8, 4) is 5.75 Å². The predicted octanol–water partition coefficient (Wildman–Crippen LogP) is 3.82. The summed E-state index contributed by atoms with van der Waals surface area (Å²) in [6.07, 6.45) is -4.48. The summed E-state index contributed by atoms with van der Waals surface area (Å²) in [6, 6.07) is 11.9. The van der Waals surface area contributed by atoms with Crippen molar-refractivity contribution in [3.63, 3.8) is 0 Å². The van der Waals surface area contributed by atoms with Gasteiger partial charge in [-0.3, -0.25) is 4.79 Å². The lowest BCUT2D eigenvalue weighted by molar-refractivity contribution is -0.274. The molecule has 0 spiro atoms. The van der Waals surface area contributed by atoms with Gasteiger partial charge in [-0.05, 0) is 48.4 Å². The van der Waals surface area contributed by atoms with Crippen LogP contribution in [0.2, 0.25) is 5.02 Å². The van der Waals surface area contributed by atoms with Gasteiger partial charge in [0.1, 0.15) is 5.75 Å². The summed E-state index contributed by atoms with van der Waals surface area (Å²) in [5.74, 6) is -1.00. The van der Waals surface area contributed by atoms with Gasteiger partial charge in [-0.2, -0.15) is 0 Å².